The molecule has 0 aromatic heterocycles. The molecule has 2 aliphatic heterocycles. The normalized spacial score (nSPS) is 16.6. The van der Waals surface area contributed by atoms with Crippen LogP contribution in [-0.2, 0) is 53.9 Å². The van der Waals surface area contributed by atoms with Crippen LogP contribution in [0.2, 0.25) is 0 Å². The largest absolute Gasteiger partial charge is 1.00 e. The van der Waals surface area contributed by atoms with Crippen LogP contribution in [0.25, 0.3) is 0 Å². The van der Waals surface area contributed by atoms with E-state index in [0.717, 1.165) is 8.61 Å². The predicted molar refractivity (Wildman–Crippen MR) is 162 cm³/mol. The van der Waals surface area contributed by atoms with Crippen molar-refractivity contribution in [3.63, 3.8) is 0 Å². The van der Waals surface area contributed by atoms with Crippen LogP contribution in [0.5, 0.6) is 0 Å². The molecular weight excluding hydrogens is 791 g/mol. The molecule has 23 heteroatoms. The number of nitrogens with one attached hydrogen (secondary N) is 1. The first-order chi connectivity index (χ1) is 20.5. The summed E-state index contributed by atoms with van der Waals surface area (Å²) < 4.78 is 66.4. The van der Waals surface area contributed by atoms with E-state index < -0.39 is 43.8 Å². The molecule has 2 amide bonds. The van der Waals surface area contributed by atoms with Crippen molar-refractivity contribution in [2.45, 2.75) is 79.4 Å². The number of halogens is 1. The molecular formula is C24H45BrK2N4O14S2. The van der Waals surface area contributed by atoms with Crippen molar-refractivity contribution >= 4 is 66.8 Å². The molecule has 1 N–H and O–H groups in total. The number of hydrogen-bond donors (Lipinski definition) is 1. The minimum absolute atomic E-state index is 0. The monoisotopic (exact) mass is 834 g/mol. The molecule has 0 aromatic carbocycles. The first kappa shape index (κ1) is 54.5. The summed E-state index contributed by atoms with van der Waals surface area (Å²) in [4.78, 5) is 55.8. The summed E-state index contributed by atoms with van der Waals surface area (Å²) in [5.74, 6) is -0.475. The summed E-state index contributed by atoms with van der Waals surface area (Å²) in [6, 6.07) is 0. The van der Waals surface area contributed by atoms with E-state index in [9.17, 15) is 36.0 Å². The van der Waals surface area contributed by atoms with E-state index in [1.807, 2.05) is 0 Å². The molecule has 0 aliphatic carbocycles. The maximum absolute atomic E-state index is 12.2. The minimum Gasteiger partial charge on any atom is -1.00 e. The van der Waals surface area contributed by atoms with Crippen molar-refractivity contribution in [3.8, 4) is 0 Å². The van der Waals surface area contributed by atoms with Crippen molar-refractivity contribution in [2.75, 3.05) is 44.7 Å². The number of ether oxygens (including phenoxy) is 3. The van der Waals surface area contributed by atoms with Gasteiger partial charge in [-0.2, -0.15) is 34.5 Å². The van der Waals surface area contributed by atoms with Crippen LogP contribution in [-0.4, -0.2) is 116 Å². The van der Waals surface area contributed by atoms with Gasteiger partial charge in [0.1, 0.15) is 22.3 Å². The molecule has 0 spiro atoms. The number of rotatable bonds is 5. The van der Waals surface area contributed by atoms with E-state index in [0.29, 0.717) is 35.6 Å². The molecule has 2 fully saturated rings. The van der Waals surface area contributed by atoms with Crippen molar-refractivity contribution in [2.24, 2.45) is 0 Å². The van der Waals surface area contributed by atoms with Gasteiger partial charge in [0, 0.05) is 26.2 Å². The summed E-state index contributed by atoms with van der Waals surface area (Å²) in [6.07, 6.45) is -0.653. The Bertz CT molecular complexity index is 1200. The summed E-state index contributed by atoms with van der Waals surface area (Å²) in [5, 5.41) is 8.72. The van der Waals surface area contributed by atoms with Crippen LogP contribution in [0.1, 0.15) is 69.7 Å². The molecule has 0 radical (unpaired) electrons. The number of alkyl halides is 1. The average molecular weight is 836 g/mol. The van der Waals surface area contributed by atoms with Gasteiger partial charge in [-0.15, -0.1) is 0 Å². The Kier molecular flexibility index (Phi) is 30.7. The Balaban J connectivity index is -0.000000190. The minimum atomic E-state index is -3.96. The average Bonchev–Trinajstić information content (AvgIpc) is 2.88. The molecule has 47 heavy (non-hydrogen) atoms. The first-order valence-corrected chi connectivity index (χ1v) is 17.4. The molecule has 2 rings (SSSR count). The summed E-state index contributed by atoms with van der Waals surface area (Å²) in [6.45, 7) is 14.0. The van der Waals surface area contributed by atoms with Crippen LogP contribution >= 0.6 is 15.9 Å². The van der Waals surface area contributed by atoms with Crippen molar-refractivity contribution in [1.29, 1.82) is 0 Å². The fourth-order valence-electron chi connectivity index (χ4n) is 2.99. The molecule has 0 atom stereocenters. The van der Waals surface area contributed by atoms with Crippen molar-refractivity contribution in [3.05, 3.63) is 0 Å². The maximum atomic E-state index is 12.2. The van der Waals surface area contributed by atoms with Gasteiger partial charge in [-0.1, -0.05) is 15.9 Å². The van der Waals surface area contributed by atoms with Crippen molar-refractivity contribution < 1.29 is 169 Å². The number of carbonyl (C=O) groups excluding carboxylic acids is 5. The third-order valence-electron chi connectivity index (χ3n) is 4.53. The Morgan fingerprint density at radius 2 is 1.34 bits per heavy atom. The Hall–Kier alpha value is 0.683. The number of carbonyl (C=O) groups is 5. The summed E-state index contributed by atoms with van der Waals surface area (Å²) in [5.41, 5.74) is -1.46. The molecule has 0 unspecified atom stereocenters. The van der Waals surface area contributed by atoms with Gasteiger partial charge in [-0.05, 0) is 68.2 Å². The van der Waals surface area contributed by atoms with Gasteiger partial charge in [0.2, 0.25) is 0 Å². The second-order valence-electron chi connectivity index (χ2n) is 10.9. The van der Waals surface area contributed by atoms with E-state index in [1.54, 1.807) is 48.5 Å². The molecule has 266 valence electrons. The zero-order chi connectivity index (χ0) is 35.6. The quantitative estimate of drug-likeness (QED) is 0.0519. The van der Waals surface area contributed by atoms with Gasteiger partial charge in [0.15, 0.2) is 0 Å². The maximum Gasteiger partial charge on any atom is 1.00 e. The SMILES string of the molecule is CC(=O)CN1CCCN(C(=O)OC(C)(C)C)S1(=O)=O.CC(C)(C)OC(=O)N1CCCNS1(=O)=O.CCOC(=O)CBr.O=CO[O-].[H-].[K+].[K+]. The molecule has 2 aliphatic rings. The van der Waals surface area contributed by atoms with Crippen LogP contribution < -0.4 is 113 Å². The van der Waals surface area contributed by atoms with Crippen molar-refractivity contribution in [1.82, 2.24) is 17.6 Å². The van der Waals surface area contributed by atoms with Crippen LogP contribution in [0, 0.1) is 0 Å². The number of esters is 1. The smallest absolute Gasteiger partial charge is 1.00 e. The first-order valence-electron chi connectivity index (χ1n) is 13.4. The molecule has 2 saturated heterocycles. The molecule has 0 bridgehead atoms. The zero-order valence-corrected chi connectivity index (χ0v) is 38.2. The van der Waals surface area contributed by atoms with E-state index in [4.69, 9.17) is 19.5 Å². The molecule has 0 saturated carbocycles. The Labute approximate surface area is 372 Å². The van der Waals surface area contributed by atoms with E-state index in [-0.39, 0.29) is 149 Å². The van der Waals surface area contributed by atoms with Gasteiger partial charge >= 0.3 is 141 Å². The second kappa shape index (κ2) is 26.5. The van der Waals surface area contributed by atoms with Crippen LogP contribution in [0.15, 0.2) is 0 Å². The fourth-order valence-corrected chi connectivity index (χ4v) is 5.88. The zero-order valence-electron chi connectivity index (χ0n) is 29.7. The predicted octanol–water partition coefficient (Wildman–Crippen LogP) is -5.28. The van der Waals surface area contributed by atoms with Gasteiger partial charge in [0.05, 0.1) is 13.2 Å². The molecule has 0 aromatic rings. The van der Waals surface area contributed by atoms with Crippen LogP contribution in [0.3, 0.4) is 0 Å². The van der Waals surface area contributed by atoms with E-state index >= 15 is 0 Å². The topological polar surface area (TPSA) is 235 Å². The molecule has 2 heterocycles. The Morgan fingerprint density at radius 3 is 1.68 bits per heavy atom. The Morgan fingerprint density at radius 1 is 0.894 bits per heavy atom. The van der Waals surface area contributed by atoms with Gasteiger partial charge in [-0.25, -0.2) is 9.59 Å². The third-order valence-corrected chi connectivity index (χ3v) is 8.32. The standard InChI is InChI=1S/C11H20N2O5S.C8H16N2O4S.C4H7BrO2.CH2O3.2K.H/c1-9(14)8-12-6-5-7-13(19(12,16)17)10(15)18-11(2,3)4;1-8(2,3)14-7(11)10-6-4-5-9-15(10,12)13;1-2-7-4(6)3-5;2-1-4-3;;;/h5-8H2,1-4H3;9H,4-6H2,1-3H3;2-3H2,1H3;1,3H;;;/q;;;;2*+1;-1/p-1. The van der Waals surface area contributed by atoms with Gasteiger partial charge in [0.25, 0.3) is 6.47 Å². The van der Waals surface area contributed by atoms with Gasteiger partial charge in [-0.3, -0.25) is 14.4 Å². The van der Waals surface area contributed by atoms with E-state index in [2.05, 4.69) is 30.3 Å². The fraction of sp³-hybridized carbons (Fsp3) is 0.792. The van der Waals surface area contributed by atoms with E-state index in [1.165, 1.54) is 6.92 Å². The van der Waals surface area contributed by atoms with Gasteiger partial charge < -0.3 is 25.8 Å². The molecule has 18 nitrogen and oxygen atoms in total. The number of hydrogen-bond acceptors (Lipinski definition) is 14. The third kappa shape index (κ3) is 25.3. The number of nitrogens with zero attached hydrogens (tertiary/aromatic N) is 3. The number of amides is 2. The number of ketones is 1. The van der Waals surface area contributed by atoms with Crippen LogP contribution in [0.4, 0.5) is 9.59 Å². The number of Topliss-reactive ketones (excluding diaryl/α,β-unsaturated/α-hetero) is 1. The summed E-state index contributed by atoms with van der Waals surface area (Å²) >= 11 is 2.94. The summed E-state index contributed by atoms with van der Waals surface area (Å²) in [7, 11) is -7.65. The second-order valence-corrected chi connectivity index (χ2v) is 15.0.